The van der Waals surface area contributed by atoms with Crippen molar-refractivity contribution in [3.05, 3.63) is 0 Å². The van der Waals surface area contributed by atoms with Gasteiger partial charge >= 0.3 is 0 Å². The minimum Gasteiger partial charge on any atom is -0.393 e. The van der Waals surface area contributed by atoms with E-state index in [1.165, 1.54) is 0 Å². The van der Waals surface area contributed by atoms with Crippen LogP contribution >= 0.6 is 0 Å². The highest BCUT2D eigenvalue weighted by atomic mass is 17.1. The summed E-state index contributed by atoms with van der Waals surface area (Å²) in [6.07, 6.45) is 0.357. The summed E-state index contributed by atoms with van der Waals surface area (Å²) in [6.45, 7) is 3.92. The lowest BCUT2D eigenvalue weighted by atomic mass is 10.1. The molecule has 2 atom stereocenters. The number of aliphatic hydroxyl groups excluding tert-OH is 1. The summed E-state index contributed by atoms with van der Waals surface area (Å²) in [4.78, 5) is 3.89. The third-order valence-corrected chi connectivity index (χ3v) is 1.10. The first-order valence-corrected chi connectivity index (χ1v) is 3.11. The first-order valence-electron chi connectivity index (χ1n) is 3.11. The summed E-state index contributed by atoms with van der Waals surface area (Å²) in [6, 6.07) is 0. The van der Waals surface area contributed by atoms with E-state index in [1.54, 1.807) is 6.92 Å². The van der Waals surface area contributed by atoms with E-state index in [4.69, 9.17) is 10.4 Å². The maximum atomic E-state index is 8.81. The second kappa shape index (κ2) is 4.73. The van der Waals surface area contributed by atoms with Gasteiger partial charge in [0, 0.05) is 0 Å². The summed E-state index contributed by atoms with van der Waals surface area (Å²) in [5.74, 6) is 0.218. The SMILES string of the molecule is CC(O)CC(C)COO. The Kier molecular flexibility index (Phi) is 4.67. The molecule has 2 unspecified atom stereocenters. The zero-order valence-corrected chi connectivity index (χ0v) is 5.87. The third-order valence-electron chi connectivity index (χ3n) is 1.10. The monoisotopic (exact) mass is 134 g/mol. The van der Waals surface area contributed by atoms with E-state index in [1.807, 2.05) is 6.92 Å². The molecule has 0 aromatic rings. The molecule has 2 N–H and O–H groups in total. The fourth-order valence-corrected chi connectivity index (χ4v) is 0.778. The second-order valence-corrected chi connectivity index (χ2v) is 2.49. The van der Waals surface area contributed by atoms with Gasteiger partial charge in [-0.3, -0.25) is 5.26 Å². The Labute approximate surface area is 55.2 Å². The van der Waals surface area contributed by atoms with Crippen LogP contribution in [-0.2, 0) is 4.89 Å². The van der Waals surface area contributed by atoms with Gasteiger partial charge in [0.2, 0.25) is 0 Å². The van der Waals surface area contributed by atoms with Crippen LogP contribution in [0.2, 0.25) is 0 Å². The van der Waals surface area contributed by atoms with Crippen LogP contribution in [0.15, 0.2) is 0 Å². The van der Waals surface area contributed by atoms with Crippen LogP contribution in [0.25, 0.3) is 0 Å². The molecule has 0 saturated carbocycles. The summed E-state index contributed by atoms with van der Waals surface area (Å²) < 4.78 is 0. The minimum atomic E-state index is -0.310. The van der Waals surface area contributed by atoms with Crippen LogP contribution in [0, 0.1) is 5.92 Å². The number of hydrogen-bond acceptors (Lipinski definition) is 3. The normalized spacial score (nSPS) is 17.3. The van der Waals surface area contributed by atoms with Crippen molar-refractivity contribution >= 4 is 0 Å². The van der Waals surface area contributed by atoms with Gasteiger partial charge < -0.3 is 5.11 Å². The summed E-state index contributed by atoms with van der Waals surface area (Å²) in [5, 5.41) is 16.8. The average Bonchev–Trinajstić information content (AvgIpc) is 1.63. The first kappa shape index (κ1) is 8.88. The quantitative estimate of drug-likeness (QED) is 0.443. The number of aliphatic hydroxyl groups is 1. The van der Waals surface area contributed by atoms with Crippen molar-refractivity contribution < 1.29 is 15.3 Å². The number of rotatable bonds is 4. The largest absolute Gasteiger partial charge is 0.393 e. The Morgan fingerprint density at radius 2 is 2.00 bits per heavy atom. The molecule has 3 heteroatoms. The summed E-state index contributed by atoms with van der Waals surface area (Å²) >= 11 is 0. The molecule has 0 aromatic carbocycles. The van der Waals surface area contributed by atoms with Crippen molar-refractivity contribution in [1.82, 2.24) is 0 Å². The van der Waals surface area contributed by atoms with E-state index in [9.17, 15) is 0 Å². The molecule has 0 spiro atoms. The van der Waals surface area contributed by atoms with Gasteiger partial charge in [-0.25, -0.2) is 4.89 Å². The topological polar surface area (TPSA) is 49.7 Å². The molecule has 0 aliphatic heterocycles. The Balaban J connectivity index is 3.15. The van der Waals surface area contributed by atoms with Crippen molar-refractivity contribution in [3.63, 3.8) is 0 Å². The molecule has 0 fully saturated rings. The third kappa shape index (κ3) is 5.76. The van der Waals surface area contributed by atoms with Gasteiger partial charge in [-0.15, -0.1) is 0 Å². The van der Waals surface area contributed by atoms with E-state index >= 15 is 0 Å². The maximum Gasteiger partial charge on any atom is 0.0846 e. The van der Waals surface area contributed by atoms with Crippen LogP contribution in [0.5, 0.6) is 0 Å². The molecule has 3 nitrogen and oxygen atoms in total. The maximum absolute atomic E-state index is 8.81. The van der Waals surface area contributed by atoms with Gasteiger partial charge in [0.1, 0.15) is 0 Å². The van der Waals surface area contributed by atoms with Crippen molar-refractivity contribution in [2.75, 3.05) is 6.61 Å². The molecular weight excluding hydrogens is 120 g/mol. The standard InChI is InChI=1S/C6H14O3/c1-5(4-9-8)3-6(2)7/h5-8H,3-4H2,1-2H3. The molecule has 0 aliphatic rings. The molecule has 0 saturated heterocycles. The molecule has 0 bridgehead atoms. The summed E-state index contributed by atoms with van der Waals surface area (Å²) in [7, 11) is 0. The Morgan fingerprint density at radius 1 is 1.44 bits per heavy atom. The van der Waals surface area contributed by atoms with E-state index in [0.717, 1.165) is 0 Å². The van der Waals surface area contributed by atoms with Crippen molar-refractivity contribution in [3.8, 4) is 0 Å². The Bertz CT molecular complexity index is 63.3. The van der Waals surface area contributed by atoms with E-state index in [2.05, 4.69) is 4.89 Å². The van der Waals surface area contributed by atoms with Crippen molar-refractivity contribution in [1.29, 1.82) is 0 Å². The molecular formula is C6H14O3. The highest BCUT2D eigenvalue weighted by Gasteiger charge is 2.04. The van der Waals surface area contributed by atoms with Gasteiger partial charge in [0.05, 0.1) is 12.7 Å². The molecule has 0 rings (SSSR count). The van der Waals surface area contributed by atoms with E-state index in [-0.39, 0.29) is 12.0 Å². The molecule has 56 valence electrons. The predicted molar refractivity (Wildman–Crippen MR) is 34.0 cm³/mol. The van der Waals surface area contributed by atoms with Crippen LogP contribution in [0.3, 0.4) is 0 Å². The Morgan fingerprint density at radius 3 is 2.33 bits per heavy atom. The lowest BCUT2D eigenvalue weighted by Crippen LogP contribution is -2.11. The summed E-state index contributed by atoms with van der Waals surface area (Å²) in [5.41, 5.74) is 0. The molecule has 9 heavy (non-hydrogen) atoms. The smallest absolute Gasteiger partial charge is 0.0846 e. The fourth-order valence-electron chi connectivity index (χ4n) is 0.778. The Hall–Kier alpha value is -0.120. The van der Waals surface area contributed by atoms with Gasteiger partial charge in [-0.1, -0.05) is 6.92 Å². The highest BCUT2D eigenvalue weighted by Crippen LogP contribution is 2.04. The minimum absolute atomic E-state index is 0.218. The van der Waals surface area contributed by atoms with E-state index < -0.39 is 0 Å². The molecule has 0 aliphatic carbocycles. The zero-order valence-electron chi connectivity index (χ0n) is 5.87. The fraction of sp³-hybridized carbons (Fsp3) is 1.00. The molecule has 0 amide bonds. The van der Waals surface area contributed by atoms with Crippen molar-refractivity contribution in [2.45, 2.75) is 26.4 Å². The average molecular weight is 134 g/mol. The van der Waals surface area contributed by atoms with Crippen molar-refractivity contribution in [2.24, 2.45) is 5.92 Å². The van der Waals surface area contributed by atoms with Crippen LogP contribution in [-0.4, -0.2) is 23.1 Å². The molecule has 0 radical (unpaired) electrons. The second-order valence-electron chi connectivity index (χ2n) is 2.49. The predicted octanol–water partition coefficient (Wildman–Crippen LogP) is 0.883. The van der Waals surface area contributed by atoms with Gasteiger partial charge in [0.15, 0.2) is 0 Å². The molecule has 0 heterocycles. The number of hydrogen-bond donors (Lipinski definition) is 2. The molecule has 0 aromatic heterocycles. The highest BCUT2D eigenvalue weighted by molar-refractivity contribution is 4.54. The first-order chi connectivity index (χ1) is 4.16. The van der Waals surface area contributed by atoms with Gasteiger partial charge in [0.25, 0.3) is 0 Å². The van der Waals surface area contributed by atoms with Gasteiger partial charge in [-0.05, 0) is 19.3 Å². The lowest BCUT2D eigenvalue weighted by molar-refractivity contribution is -0.251. The van der Waals surface area contributed by atoms with E-state index in [0.29, 0.717) is 13.0 Å². The van der Waals surface area contributed by atoms with Crippen LogP contribution < -0.4 is 0 Å². The van der Waals surface area contributed by atoms with Crippen LogP contribution in [0.1, 0.15) is 20.3 Å². The van der Waals surface area contributed by atoms with Gasteiger partial charge in [-0.2, -0.15) is 0 Å². The zero-order chi connectivity index (χ0) is 7.28. The van der Waals surface area contributed by atoms with Crippen LogP contribution in [0.4, 0.5) is 0 Å². The lowest BCUT2D eigenvalue weighted by Gasteiger charge is -2.09.